The molecule has 2 N–H and O–H groups in total. The minimum absolute atomic E-state index is 0.556. The molecule has 0 saturated heterocycles. The Labute approximate surface area is 118 Å². The lowest BCUT2D eigenvalue weighted by molar-refractivity contribution is 0.629. The minimum Gasteiger partial charge on any atom is -0.396 e. The van der Waals surface area contributed by atoms with Crippen LogP contribution in [0.3, 0.4) is 0 Å². The van der Waals surface area contributed by atoms with Crippen LogP contribution < -0.4 is 5.73 Å². The van der Waals surface area contributed by atoms with Gasteiger partial charge in [0.2, 0.25) is 0 Å². The van der Waals surface area contributed by atoms with Gasteiger partial charge in [0.15, 0.2) is 0 Å². The Morgan fingerprint density at radius 1 is 1.32 bits per heavy atom. The molecule has 19 heavy (non-hydrogen) atoms. The molecule has 0 aliphatic heterocycles. The van der Waals surface area contributed by atoms with Gasteiger partial charge in [0, 0.05) is 17.1 Å². The first-order chi connectivity index (χ1) is 9.22. The lowest BCUT2D eigenvalue weighted by Gasteiger charge is -2.06. The molecule has 0 spiro atoms. The number of aromatic nitrogens is 2. The highest BCUT2D eigenvalue weighted by Crippen LogP contribution is 2.35. The molecule has 100 valence electrons. The second-order valence-electron chi connectivity index (χ2n) is 5.28. The van der Waals surface area contributed by atoms with Gasteiger partial charge in [-0.25, -0.2) is 0 Å². The van der Waals surface area contributed by atoms with E-state index < -0.39 is 0 Å². The van der Waals surface area contributed by atoms with Crippen molar-refractivity contribution in [3.63, 3.8) is 0 Å². The molecule has 1 fully saturated rings. The van der Waals surface area contributed by atoms with Crippen LogP contribution in [0.25, 0.3) is 0 Å². The zero-order valence-corrected chi connectivity index (χ0v) is 11.6. The summed E-state index contributed by atoms with van der Waals surface area (Å²) in [5, 5.41) is 5.42. The summed E-state index contributed by atoms with van der Waals surface area (Å²) in [7, 11) is 0. The Bertz CT molecular complexity index is 571. The zero-order chi connectivity index (χ0) is 13.2. The van der Waals surface area contributed by atoms with Gasteiger partial charge in [0.1, 0.15) is 0 Å². The third-order valence-electron chi connectivity index (χ3n) is 3.80. The number of rotatable bonds is 3. The van der Waals surface area contributed by atoms with E-state index in [1.54, 1.807) is 0 Å². The standard InChI is InChI=1S/C15H18ClN3/c16-13-7-3-4-11(8-13)9-19-10-14(17)15(18-19)12-5-1-2-6-12/h3-4,7-8,10,12H,1-2,5-6,9,17H2. The molecule has 0 unspecified atom stereocenters. The molecule has 3 nitrogen and oxygen atoms in total. The molecule has 3 rings (SSSR count). The van der Waals surface area contributed by atoms with E-state index in [0.29, 0.717) is 5.92 Å². The van der Waals surface area contributed by atoms with Crippen LogP contribution in [0.5, 0.6) is 0 Å². The van der Waals surface area contributed by atoms with Crippen LogP contribution in [0, 0.1) is 0 Å². The van der Waals surface area contributed by atoms with Crippen molar-refractivity contribution in [2.24, 2.45) is 0 Å². The number of nitrogen functional groups attached to an aromatic ring is 1. The SMILES string of the molecule is Nc1cn(Cc2cccc(Cl)c2)nc1C1CCCC1. The molecule has 1 aromatic heterocycles. The zero-order valence-electron chi connectivity index (χ0n) is 10.8. The molecule has 0 radical (unpaired) electrons. The molecule has 0 atom stereocenters. The first-order valence-electron chi connectivity index (χ1n) is 6.79. The van der Waals surface area contributed by atoms with E-state index >= 15 is 0 Å². The predicted octanol–water partition coefficient (Wildman–Crippen LogP) is 3.82. The molecule has 1 heterocycles. The van der Waals surface area contributed by atoms with Crippen molar-refractivity contribution in [2.75, 3.05) is 5.73 Å². The van der Waals surface area contributed by atoms with Crippen LogP contribution in [0.4, 0.5) is 5.69 Å². The van der Waals surface area contributed by atoms with Gasteiger partial charge >= 0.3 is 0 Å². The molecule has 1 aliphatic rings. The van der Waals surface area contributed by atoms with E-state index in [9.17, 15) is 0 Å². The number of halogens is 1. The first-order valence-corrected chi connectivity index (χ1v) is 7.17. The van der Waals surface area contributed by atoms with Gasteiger partial charge in [0.25, 0.3) is 0 Å². The maximum Gasteiger partial charge on any atom is 0.0884 e. The molecular weight excluding hydrogens is 258 g/mol. The number of anilines is 1. The van der Waals surface area contributed by atoms with Gasteiger partial charge in [-0.05, 0) is 30.5 Å². The van der Waals surface area contributed by atoms with Gasteiger partial charge in [-0.15, -0.1) is 0 Å². The summed E-state index contributed by atoms with van der Waals surface area (Å²) in [5.41, 5.74) is 9.15. The molecular formula is C15H18ClN3. The van der Waals surface area contributed by atoms with Gasteiger partial charge < -0.3 is 5.73 Å². The van der Waals surface area contributed by atoms with E-state index in [4.69, 9.17) is 17.3 Å². The summed E-state index contributed by atoms with van der Waals surface area (Å²) in [5.74, 6) is 0.556. The average Bonchev–Trinajstić information content (AvgIpc) is 2.98. The third kappa shape index (κ3) is 2.76. The number of nitrogens with zero attached hydrogens (tertiary/aromatic N) is 2. The molecule has 1 saturated carbocycles. The van der Waals surface area contributed by atoms with Crippen molar-refractivity contribution >= 4 is 17.3 Å². The predicted molar refractivity (Wildman–Crippen MR) is 78.4 cm³/mol. The number of benzene rings is 1. The van der Waals surface area contributed by atoms with E-state index in [-0.39, 0.29) is 0 Å². The van der Waals surface area contributed by atoms with Crippen LogP contribution in [-0.4, -0.2) is 9.78 Å². The summed E-state index contributed by atoms with van der Waals surface area (Å²) in [6.07, 6.45) is 6.97. The van der Waals surface area contributed by atoms with E-state index in [1.807, 2.05) is 29.1 Å². The van der Waals surface area contributed by atoms with Crippen molar-refractivity contribution in [2.45, 2.75) is 38.1 Å². The van der Waals surface area contributed by atoms with E-state index in [1.165, 1.54) is 25.7 Å². The molecule has 1 aromatic carbocycles. The fraction of sp³-hybridized carbons (Fsp3) is 0.400. The maximum absolute atomic E-state index is 6.10. The van der Waals surface area contributed by atoms with Gasteiger partial charge in [-0.3, -0.25) is 4.68 Å². The third-order valence-corrected chi connectivity index (χ3v) is 4.03. The van der Waals surface area contributed by atoms with E-state index in [2.05, 4.69) is 11.2 Å². The summed E-state index contributed by atoms with van der Waals surface area (Å²) in [6.45, 7) is 0.720. The molecule has 1 aliphatic carbocycles. The number of hydrogen-bond acceptors (Lipinski definition) is 2. The van der Waals surface area contributed by atoms with Crippen molar-refractivity contribution < 1.29 is 0 Å². The Kier molecular flexibility index (Phi) is 3.47. The molecule has 0 bridgehead atoms. The van der Waals surface area contributed by atoms with Crippen LogP contribution in [0.1, 0.15) is 42.9 Å². The lowest BCUT2D eigenvalue weighted by Crippen LogP contribution is -2.02. The summed E-state index contributed by atoms with van der Waals surface area (Å²) >= 11 is 6.00. The van der Waals surface area contributed by atoms with Crippen LogP contribution in [0.15, 0.2) is 30.5 Å². The Hall–Kier alpha value is -1.48. The minimum atomic E-state index is 0.556. The second kappa shape index (κ2) is 5.25. The Balaban J connectivity index is 1.80. The smallest absolute Gasteiger partial charge is 0.0884 e. The number of hydrogen-bond donors (Lipinski definition) is 1. The maximum atomic E-state index is 6.10. The highest BCUT2D eigenvalue weighted by Gasteiger charge is 2.22. The topological polar surface area (TPSA) is 43.8 Å². The average molecular weight is 276 g/mol. The van der Waals surface area contributed by atoms with Gasteiger partial charge in [-0.2, -0.15) is 5.10 Å². The van der Waals surface area contributed by atoms with Crippen molar-refractivity contribution in [1.29, 1.82) is 0 Å². The molecule has 0 amide bonds. The van der Waals surface area contributed by atoms with Crippen molar-refractivity contribution in [3.05, 3.63) is 46.7 Å². The van der Waals surface area contributed by atoms with Gasteiger partial charge in [-0.1, -0.05) is 36.6 Å². The fourth-order valence-corrected chi connectivity index (χ4v) is 3.08. The first kappa shape index (κ1) is 12.5. The van der Waals surface area contributed by atoms with Crippen molar-refractivity contribution in [3.8, 4) is 0 Å². The fourth-order valence-electron chi connectivity index (χ4n) is 2.87. The second-order valence-corrected chi connectivity index (χ2v) is 5.71. The quantitative estimate of drug-likeness (QED) is 0.925. The Morgan fingerprint density at radius 3 is 2.84 bits per heavy atom. The molecule has 2 aromatic rings. The van der Waals surface area contributed by atoms with E-state index in [0.717, 1.165) is 28.5 Å². The summed E-state index contributed by atoms with van der Waals surface area (Å²) in [4.78, 5) is 0. The highest BCUT2D eigenvalue weighted by atomic mass is 35.5. The monoisotopic (exact) mass is 275 g/mol. The van der Waals surface area contributed by atoms with Crippen LogP contribution >= 0.6 is 11.6 Å². The number of nitrogens with two attached hydrogens (primary N) is 1. The van der Waals surface area contributed by atoms with Crippen LogP contribution in [-0.2, 0) is 6.54 Å². The summed E-state index contributed by atoms with van der Waals surface area (Å²) < 4.78 is 1.93. The van der Waals surface area contributed by atoms with Crippen LogP contribution in [0.2, 0.25) is 5.02 Å². The molecule has 4 heteroatoms. The largest absolute Gasteiger partial charge is 0.396 e. The normalized spacial score (nSPS) is 16.1. The Morgan fingerprint density at radius 2 is 2.11 bits per heavy atom. The van der Waals surface area contributed by atoms with Gasteiger partial charge in [0.05, 0.1) is 17.9 Å². The lowest BCUT2D eigenvalue weighted by atomic mass is 10.0. The highest BCUT2D eigenvalue weighted by molar-refractivity contribution is 6.30. The van der Waals surface area contributed by atoms with Crippen molar-refractivity contribution in [1.82, 2.24) is 9.78 Å². The summed E-state index contributed by atoms with van der Waals surface area (Å²) in [6, 6.07) is 7.86.